The predicted molar refractivity (Wildman–Crippen MR) is 73.6 cm³/mol. The number of nitrogens with zero attached hydrogens (tertiary/aromatic N) is 3. The minimum atomic E-state index is -0.748. The van der Waals surface area contributed by atoms with Crippen LogP contribution in [0.3, 0.4) is 0 Å². The van der Waals surface area contributed by atoms with E-state index in [9.17, 15) is 14.9 Å². The van der Waals surface area contributed by atoms with Crippen LogP contribution in [0.5, 0.6) is 0 Å². The number of nitro groups is 1. The van der Waals surface area contributed by atoms with Gasteiger partial charge in [0, 0.05) is 19.9 Å². The van der Waals surface area contributed by atoms with Crippen LogP contribution in [0.4, 0.5) is 11.5 Å². The third-order valence-corrected chi connectivity index (χ3v) is 2.58. The Morgan fingerprint density at radius 1 is 1.67 bits per heavy atom. The summed E-state index contributed by atoms with van der Waals surface area (Å²) in [7, 11) is 1.51. The molecule has 0 aliphatic heterocycles. The molecule has 1 heterocycles. The molecule has 9 nitrogen and oxygen atoms in total. The number of ether oxygens (including phenoxy) is 1. The average Bonchev–Trinajstić information content (AvgIpc) is 2.46. The van der Waals surface area contributed by atoms with Crippen molar-refractivity contribution in [1.82, 2.24) is 10.3 Å². The summed E-state index contributed by atoms with van der Waals surface area (Å²) >= 11 is 0. The molecule has 1 rings (SSSR count). The third kappa shape index (κ3) is 4.39. The number of aromatic nitrogens is 1. The quantitative estimate of drug-likeness (QED) is 0.423. The van der Waals surface area contributed by atoms with Crippen LogP contribution in [-0.2, 0) is 9.53 Å². The van der Waals surface area contributed by atoms with Crippen LogP contribution >= 0.6 is 0 Å². The molecule has 9 heteroatoms. The summed E-state index contributed by atoms with van der Waals surface area (Å²) in [6, 6.07) is 2.22. The first-order valence-electron chi connectivity index (χ1n) is 6.08. The molecule has 1 aromatic heterocycles. The Bertz CT molecular complexity index is 569. The summed E-state index contributed by atoms with van der Waals surface area (Å²) in [5.41, 5.74) is -0.568. The first-order chi connectivity index (χ1) is 10.0. The SMILES string of the molecule is COCCNC(=O)C(C)Nc1nccc(C#N)c1[N+](=O)[O-]. The molecule has 0 aliphatic carbocycles. The van der Waals surface area contributed by atoms with Crippen LogP contribution in [0, 0.1) is 21.4 Å². The normalized spacial score (nSPS) is 11.3. The monoisotopic (exact) mass is 293 g/mol. The highest BCUT2D eigenvalue weighted by molar-refractivity contribution is 5.84. The number of carbonyl (C=O) groups is 1. The number of hydrogen-bond donors (Lipinski definition) is 2. The fraction of sp³-hybridized carbons (Fsp3) is 0.417. The minimum absolute atomic E-state index is 0.117. The molecular formula is C12H15N5O4. The molecule has 0 aromatic carbocycles. The Morgan fingerprint density at radius 3 is 2.95 bits per heavy atom. The number of nitrogens with one attached hydrogen (secondary N) is 2. The summed E-state index contributed by atoms with van der Waals surface area (Å²) in [5.74, 6) is -0.473. The zero-order valence-electron chi connectivity index (χ0n) is 11.6. The van der Waals surface area contributed by atoms with Crippen LogP contribution in [0.15, 0.2) is 12.3 Å². The van der Waals surface area contributed by atoms with Gasteiger partial charge >= 0.3 is 5.69 Å². The highest BCUT2D eigenvalue weighted by Crippen LogP contribution is 2.26. The predicted octanol–water partition coefficient (Wildman–Crippen LogP) is 0.424. The Morgan fingerprint density at radius 2 is 2.38 bits per heavy atom. The van der Waals surface area contributed by atoms with E-state index in [1.807, 2.05) is 0 Å². The molecule has 2 N–H and O–H groups in total. The lowest BCUT2D eigenvalue weighted by Gasteiger charge is -2.14. The van der Waals surface area contributed by atoms with Crippen LogP contribution in [0.2, 0.25) is 0 Å². The van der Waals surface area contributed by atoms with Crippen molar-refractivity contribution in [3.63, 3.8) is 0 Å². The Hall–Kier alpha value is -2.73. The van der Waals surface area contributed by atoms with E-state index in [0.717, 1.165) is 0 Å². The third-order valence-electron chi connectivity index (χ3n) is 2.58. The van der Waals surface area contributed by atoms with Gasteiger partial charge in [0.1, 0.15) is 17.7 Å². The summed E-state index contributed by atoms with van der Waals surface area (Å²) < 4.78 is 4.80. The molecule has 1 amide bonds. The maximum Gasteiger partial charge on any atom is 0.328 e. The number of pyridine rings is 1. The van der Waals surface area contributed by atoms with Crippen molar-refractivity contribution in [1.29, 1.82) is 5.26 Å². The maximum atomic E-state index is 11.8. The number of nitriles is 1. The first-order valence-corrected chi connectivity index (χ1v) is 6.08. The second-order valence-corrected chi connectivity index (χ2v) is 4.07. The van der Waals surface area contributed by atoms with Gasteiger partial charge in [0.2, 0.25) is 11.7 Å². The van der Waals surface area contributed by atoms with Crippen molar-refractivity contribution in [3.8, 4) is 6.07 Å². The van der Waals surface area contributed by atoms with Crippen LogP contribution in [0.25, 0.3) is 0 Å². The lowest BCUT2D eigenvalue weighted by Crippen LogP contribution is -2.39. The van der Waals surface area contributed by atoms with Gasteiger partial charge in [0.25, 0.3) is 0 Å². The van der Waals surface area contributed by atoms with Crippen LogP contribution in [-0.4, -0.2) is 42.1 Å². The van der Waals surface area contributed by atoms with Crippen LogP contribution < -0.4 is 10.6 Å². The Labute approximate surface area is 121 Å². The highest BCUT2D eigenvalue weighted by atomic mass is 16.6. The fourth-order valence-corrected chi connectivity index (χ4v) is 1.53. The molecule has 0 bridgehead atoms. The molecule has 1 aromatic rings. The Kier molecular flexibility index (Phi) is 6.03. The van der Waals surface area contributed by atoms with E-state index in [2.05, 4.69) is 15.6 Å². The smallest absolute Gasteiger partial charge is 0.328 e. The van der Waals surface area contributed by atoms with Crippen molar-refractivity contribution in [2.45, 2.75) is 13.0 Å². The molecule has 0 saturated heterocycles. The second kappa shape index (κ2) is 7.76. The van der Waals surface area contributed by atoms with Gasteiger partial charge in [0.15, 0.2) is 0 Å². The molecule has 0 saturated carbocycles. The van der Waals surface area contributed by atoms with Crippen molar-refractivity contribution in [3.05, 3.63) is 27.9 Å². The molecule has 21 heavy (non-hydrogen) atoms. The topological polar surface area (TPSA) is 130 Å². The van der Waals surface area contributed by atoms with Crippen LogP contribution in [0.1, 0.15) is 12.5 Å². The minimum Gasteiger partial charge on any atom is -0.383 e. The van der Waals surface area contributed by atoms with Crippen molar-refractivity contribution in [2.24, 2.45) is 0 Å². The number of anilines is 1. The summed E-state index contributed by atoms with van der Waals surface area (Å²) in [6.07, 6.45) is 1.27. The second-order valence-electron chi connectivity index (χ2n) is 4.07. The van der Waals surface area contributed by atoms with E-state index in [0.29, 0.717) is 13.2 Å². The molecule has 0 fully saturated rings. The molecule has 1 unspecified atom stereocenters. The molecule has 0 spiro atoms. The van der Waals surface area contributed by atoms with Crippen molar-refractivity contribution < 1.29 is 14.5 Å². The largest absolute Gasteiger partial charge is 0.383 e. The van der Waals surface area contributed by atoms with Gasteiger partial charge in [-0.3, -0.25) is 14.9 Å². The van der Waals surface area contributed by atoms with Gasteiger partial charge < -0.3 is 15.4 Å². The van der Waals surface area contributed by atoms with Gasteiger partial charge in [-0.1, -0.05) is 0 Å². The first kappa shape index (κ1) is 16.3. The van der Waals surface area contributed by atoms with E-state index in [4.69, 9.17) is 10.00 Å². The average molecular weight is 293 g/mol. The molecule has 0 radical (unpaired) electrons. The number of rotatable bonds is 7. The summed E-state index contributed by atoms with van der Waals surface area (Å²) in [6.45, 7) is 2.22. The zero-order chi connectivity index (χ0) is 15.8. The van der Waals surface area contributed by atoms with E-state index in [1.54, 1.807) is 6.07 Å². The number of hydrogen-bond acceptors (Lipinski definition) is 7. The summed E-state index contributed by atoms with van der Waals surface area (Å²) in [4.78, 5) is 25.9. The molecule has 0 aliphatic rings. The highest BCUT2D eigenvalue weighted by Gasteiger charge is 2.24. The zero-order valence-corrected chi connectivity index (χ0v) is 11.6. The lowest BCUT2D eigenvalue weighted by atomic mass is 10.2. The van der Waals surface area contributed by atoms with E-state index in [1.165, 1.54) is 26.3 Å². The van der Waals surface area contributed by atoms with E-state index < -0.39 is 16.7 Å². The number of carbonyl (C=O) groups excluding carboxylic acids is 1. The molecule has 1 atom stereocenters. The van der Waals surface area contributed by atoms with Gasteiger partial charge in [-0.2, -0.15) is 5.26 Å². The van der Waals surface area contributed by atoms with Gasteiger partial charge in [-0.05, 0) is 13.0 Å². The lowest BCUT2D eigenvalue weighted by molar-refractivity contribution is -0.384. The van der Waals surface area contributed by atoms with E-state index in [-0.39, 0.29) is 17.3 Å². The Balaban J connectivity index is 2.85. The van der Waals surface area contributed by atoms with E-state index >= 15 is 0 Å². The standard InChI is InChI=1S/C12H15N5O4/c1-8(12(18)15-5-6-21-2)16-11-10(17(19)20)9(7-13)3-4-14-11/h3-4,8H,5-6H2,1-2H3,(H,14,16)(H,15,18). The van der Waals surface area contributed by atoms with Gasteiger partial charge in [0.05, 0.1) is 11.5 Å². The van der Waals surface area contributed by atoms with Gasteiger partial charge in [-0.15, -0.1) is 0 Å². The fourth-order valence-electron chi connectivity index (χ4n) is 1.53. The van der Waals surface area contributed by atoms with Crippen molar-refractivity contribution in [2.75, 3.05) is 25.6 Å². The maximum absolute atomic E-state index is 11.8. The summed E-state index contributed by atoms with van der Waals surface area (Å²) in [5, 5.41) is 25.1. The molecule has 112 valence electrons. The number of amides is 1. The van der Waals surface area contributed by atoms with Crippen molar-refractivity contribution >= 4 is 17.4 Å². The van der Waals surface area contributed by atoms with Gasteiger partial charge in [-0.25, -0.2) is 4.98 Å². The molecular weight excluding hydrogens is 278 g/mol. The number of methoxy groups -OCH3 is 1.